The Morgan fingerprint density at radius 3 is 2.48 bits per heavy atom. The normalized spacial score (nSPS) is 11.1. The molecule has 0 atom stereocenters. The maximum atomic E-state index is 12.4. The van der Waals surface area contributed by atoms with Crippen molar-refractivity contribution in [2.24, 2.45) is 0 Å². The molecule has 0 bridgehead atoms. The van der Waals surface area contributed by atoms with Gasteiger partial charge in [-0.3, -0.25) is 9.52 Å². The second-order valence-corrected chi connectivity index (χ2v) is 9.32. The first-order valence-corrected chi connectivity index (χ1v) is 12.1. The number of benzene rings is 2. The number of hydrogen-bond acceptors (Lipinski definition) is 7. The van der Waals surface area contributed by atoms with Crippen LogP contribution in [0.5, 0.6) is 11.5 Å². The van der Waals surface area contributed by atoms with Gasteiger partial charge in [-0.15, -0.1) is 11.3 Å². The number of thiazole rings is 1. The van der Waals surface area contributed by atoms with Crippen LogP contribution in [-0.4, -0.2) is 39.8 Å². The van der Waals surface area contributed by atoms with Crippen LogP contribution < -0.4 is 19.5 Å². The summed E-state index contributed by atoms with van der Waals surface area (Å²) in [6.45, 7) is 0. The van der Waals surface area contributed by atoms with E-state index in [-0.39, 0.29) is 12.3 Å². The fourth-order valence-corrected chi connectivity index (χ4v) is 4.19. The molecular formula is C21H23N3O5S2. The smallest absolute Gasteiger partial charge is 0.229 e. The number of carbonyl (C=O) groups excluding carboxylic acids is 1. The first-order valence-electron chi connectivity index (χ1n) is 9.32. The molecule has 0 radical (unpaired) electrons. The molecule has 0 aliphatic heterocycles. The van der Waals surface area contributed by atoms with E-state index in [0.717, 1.165) is 17.4 Å². The number of rotatable bonds is 9. The van der Waals surface area contributed by atoms with Gasteiger partial charge < -0.3 is 14.8 Å². The molecule has 0 saturated heterocycles. The zero-order valence-electron chi connectivity index (χ0n) is 17.3. The van der Waals surface area contributed by atoms with Crippen LogP contribution in [-0.2, 0) is 21.2 Å². The molecule has 2 N–H and O–H groups in total. The largest absolute Gasteiger partial charge is 0.497 e. The summed E-state index contributed by atoms with van der Waals surface area (Å²) in [5.41, 5.74) is 2.88. The van der Waals surface area contributed by atoms with Crippen molar-refractivity contribution in [3.8, 4) is 22.8 Å². The molecule has 2 aromatic carbocycles. The number of nitrogens with one attached hydrogen (secondary N) is 2. The number of aryl methyl sites for hydroxylation is 1. The summed E-state index contributed by atoms with van der Waals surface area (Å²) in [5, 5.41) is 5.14. The van der Waals surface area contributed by atoms with Crippen LogP contribution in [0.3, 0.4) is 0 Å². The standard InChI is InChI=1S/C21H23N3O5S2/c1-28-17-9-10-19(29-2)15(12-17)6-11-20(25)23-21-22-18(13-30-21)14-4-7-16(8-5-14)24-31(3,26)27/h4-5,7-10,12-13,24H,6,11H2,1-3H3,(H,22,23,25). The Morgan fingerprint density at radius 2 is 1.84 bits per heavy atom. The minimum Gasteiger partial charge on any atom is -0.497 e. The Bertz CT molecular complexity index is 1160. The molecule has 1 heterocycles. The number of nitrogens with zero attached hydrogens (tertiary/aromatic N) is 1. The molecule has 164 valence electrons. The van der Waals surface area contributed by atoms with Crippen molar-refractivity contribution in [1.82, 2.24) is 4.98 Å². The molecule has 1 aromatic heterocycles. The molecule has 3 aromatic rings. The topological polar surface area (TPSA) is 107 Å². The lowest BCUT2D eigenvalue weighted by Gasteiger charge is -2.10. The highest BCUT2D eigenvalue weighted by Crippen LogP contribution is 2.27. The predicted molar refractivity (Wildman–Crippen MR) is 123 cm³/mol. The zero-order chi connectivity index (χ0) is 22.4. The monoisotopic (exact) mass is 461 g/mol. The molecule has 0 aliphatic carbocycles. The average Bonchev–Trinajstić information content (AvgIpc) is 3.19. The molecule has 0 unspecified atom stereocenters. The van der Waals surface area contributed by atoms with Crippen molar-refractivity contribution in [3.05, 3.63) is 53.4 Å². The number of sulfonamides is 1. The van der Waals surface area contributed by atoms with Crippen LogP contribution >= 0.6 is 11.3 Å². The van der Waals surface area contributed by atoms with Crippen molar-refractivity contribution >= 4 is 38.1 Å². The minimum atomic E-state index is -3.32. The van der Waals surface area contributed by atoms with Gasteiger partial charge in [-0.2, -0.15) is 0 Å². The van der Waals surface area contributed by atoms with Crippen molar-refractivity contribution < 1.29 is 22.7 Å². The molecule has 3 rings (SSSR count). The van der Waals surface area contributed by atoms with E-state index in [1.54, 1.807) is 38.5 Å². The lowest BCUT2D eigenvalue weighted by molar-refractivity contribution is -0.116. The van der Waals surface area contributed by atoms with Crippen LogP contribution in [0, 0.1) is 0 Å². The number of anilines is 2. The third-order valence-electron chi connectivity index (χ3n) is 4.34. The quantitative estimate of drug-likeness (QED) is 0.502. The molecule has 0 spiro atoms. The summed E-state index contributed by atoms with van der Waals surface area (Å²) >= 11 is 1.32. The summed E-state index contributed by atoms with van der Waals surface area (Å²) in [6.07, 6.45) is 1.87. The van der Waals surface area contributed by atoms with Gasteiger partial charge in [-0.05, 0) is 42.3 Å². The van der Waals surface area contributed by atoms with Gasteiger partial charge in [0.25, 0.3) is 0 Å². The first-order chi connectivity index (χ1) is 14.8. The number of methoxy groups -OCH3 is 2. The SMILES string of the molecule is COc1ccc(OC)c(CCC(=O)Nc2nc(-c3ccc(NS(C)(=O)=O)cc3)cs2)c1. The number of carbonyl (C=O) groups is 1. The third-order valence-corrected chi connectivity index (χ3v) is 5.71. The predicted octanol–water partition coefficient (Wildman–Crippen LogP) is 3.77. The van der Waals surface area contributed by atoms with Crippen molar-refractivity contribution in [2.75, 3.05) is 30.5 Å². The van der Waals surface area contributed by atoms with Crippen molar-refractivity contribution in [2.45, 2.75) is 12.8 Å². The number of aromatic nitrogens is 1. The van der Waals surface area contributed by atoms with E-state index >= 15 is 0 Å². The fraction of sp³-hybridized carbons (Fsp3) is 0.238. The first kappa shape index (κ1) is 22.6. The van der Waals surface area contributed by atoms with Gasteiger partial charge in [-0.25, -0.2) is 13.4 Å². The van der Waals surface area contributed by atoms with Crippen LogP contribution in [0.15, 0.2) is 47.8 Å². The van der Waals surface area contributed by atoms with Crippen LogP contribution in [0.2, 0.25) is 0 Å². The lowest BCUT2D eigenvalue weighted by Crippen LogP contribution is -2.12. The third kappa shape index (κ3) is 6.43. The van der Waals surface area contributed by atoms with Gasteiger partial charge in [0.1, 0.15) is 11.5 Å². The molecule has 8 nitrogen and oxygen atoms in total. The second-order valence-electron chi connectivity index (χ2n) is 6.72. The van der Waals surface area contributed by atoms with Gasteiger partial charge in [-0.1, -0.05) is 12.1 Å². The van der Waals surface area contributed by atoms with Crippen molar-refractivity contribution in [3.63, 3.8) is 0 Å². The molecule has 1 amide bonds. The second kappa shape index (κ2) is 9.80. The summed E-state index contributed by atoms with van der Waals surface area (Å²) in [7, 11) is -0.143. The Morgan fingerprint density at radius 1 is 1.10 bits per heavy atom. The van der Waals surface area contributed by atoms with E-state index in [1.165, 1.54) is 11.3 Å². The summed E-state index contributed by atoms with van der Waals surface area (Å²) < 4.78 is 35.6. The number of hydrogen-bond donors (Lipinski definition) is 2. The van der Waals surface area contributed by atoms with E-state index in [2.05, 4.69) is 15.0 Å². The maximum Gasteiger partial charge on any atom is 0.229 e. The summed E-state index contributed by atoms with van der Waals surface area (Å²) in [5.74, 6) is 1.26. The highest BCUT2D eigenvalue weighted by molar-refractivity contribution is 7.92. The molecule has 31 heavy (non-hydrogen) atoms. The van der Waals surface area contributed by atoms with Crippen LogP contribution in [0.4, 0.5) is 10.8 Å². The van der Waals surface area contributed by atoms with Gasteiger partial charge in [0.2, 0.25) is 15.9 Å². The van der Waals surface area contributed by atoms with E-state index < -0.39 is 10.0 Å². The molecule has 0 fully saturated rings. The van der Waals surface area contributed by atoms with Gasteiger partial charge in [0, 0.05) is 23.1 Å². The van der Waals surface area contributed by atoms with Gasteiger partial charge in [0.05, 0.1) is 26.2 Å². The Balaban J connectivity index is 1.60. The number of amides is 1. The molecular weight excluding hydrogens is 438 g/mol. The highest BCUT2D eigenvalue weighted by atomic mass is 32.2. The lowest BCUT2D eigenvalue weighted by atomic mass is 10.1. The van der Waals surface area contributed by atoms with E-state index in [9.17, 15) is 13.2 Å². The molecule has 10 heteroatoms. The Kier molecular flexibility index (Phi) is 7.13. The van der Waals surface area contributed by atoms with E-state index in [0.29, 0.717) is 34.4 Å². The fourth-order valence-electron chi connectivity index (χ4n) is 2.89. The van der Waals surface area contributed by atoms with Crippen LogP contribution in [0.1, 0.15) is 12.0 Å². The Labute approximate surface area is 185 Å². The average molecular weight is 462 g/mol. The van der Waals surface area contributed by atoms with E-state index in [1.807, 2.05) is 23.6 Å². The summed E-state index contributed by atoms with van der Waals surface area (Å²) in [4.78, 5) is 16.8. The Hall–Kier alpha value is -3.11. The van der Waals surface area contributed by atoms with Gasteiger partial charge in [0.15, 0.2) is 5.13 Å². The highest BCUT2D eigenvalue weighted by Gasteiger charge is 2.11. The minimum absolute atomic E-state index is 0.154. The zero-order valence-corrected chi connectivity index (χ0v) is 19.0. The number of ether oxygens (including phenoxy) is 2. The molecule has 0 aliphatic rings. The van der Waals surface area contributed by atoms with E-state index in [4.69, 9.17) is 9.47 Å². The molecule has 0 saturated carbocycles. The maximum absolute atomic E-state index is 12.4. The van der Waals surface area contributed by atoms with Crippen molar-refractivity contribution in [1.29, 1.82) is 0 Å². The summed E-state index contributed by atoms with van der Waals surface area (Å²) in [6, 6.07) is 12.3. The van der Waals surface area contributed by atoms with Gasteiger partial charge >= 0.3 is 0 Å². The van der Waals surface area contributed by atoms with Crippen LogP contribution in [0.25, 0.3) is 11.3 Å².